The van der Waals surface area contributed by atoms with Gasteiger partial charge in [0.2, 0.25) is 0 Å². The molecule has 0 aliphatic carbocycles. The summed E-state index contributed by atoms with van der Waals surface area (Å²) in [4.78, 5) is 18.4. The number of likely N-dealkylation sites (tertiary alicyclic amines) is 1. The lowest BCUT2D eigenvalue weighted by atomic mass is 9.76. The van der Waals surface area contributed by atoms with Gasteiger partial charge >= 0.3 is 6.09 Å². The third-order valence-electron chi connectivity index (χ3n) is 4.42. The molecule has 1 aliphatic heterocycles. The summed E-state index contributed by atoms with van der Waals surface area (Å²) >= 11 is 1.65. The topological polar surface area (TPSA) is 57.8 Å². The number of aromatic nitrogens is 1. The van der Waals surface area contributed by atoms with E-state index in [0.29, 0.717) is 12.5 Å². The van der Waals surface area contributed by atoms with Crippen molar-refractivity contribution < 1.29 is 9.90 Å². The molecule has 2 atom stereocenters. The van der Waals surface area contributed by atoms with Crippen molar-refractivity contribution in [2.75, 3.05) is 13.6 Å². The number of rotatable bonds is 1. The van der Waals surface area contributed by atoms with Gasteiger partial charge in [-0.2, -0.15) is 0 Å². The van der Waals surface area contributed by atoms with E-state index in [4.69, 9.17) is 0 Å². The fraction of sp³-hybridized carbons (Fsp3) is 0.733. The van der Waals surface area contributed by atoms with Crippen LogP contribution in [0.15, 0.2) is 10.4 Å². The number of nitrogens with zero attached hydrogens (tertiary/aromatic N) is 3. The Bertz CT molecular complexity index is 588. The zero-order valence-electron chi connectivity index (χ0n) is 13.9. The predicted octanol–water partition coefficient (Wildman–Crippen LogP) is 3.47. The van der Waals surface area contributed by atoms with Crippen LogP contribution in [0.5, 0.6) is 0 Å². The molecular weight excluding hydrogens is 366 g/mol. The zero-order chi connectivity index (χ0) is 15.8. The largest absolute Gasteiger partial charge is 0.465 e. The molecule has 5 nitrogen and oxygen atoms in total. The zero-order valence-corrected chi connectivity index (χ0v) is 16.4. The fourth-order valence-electron chi connectivity index (χ4n) is 3.24. The molecule has 1 aromatic rings. The molecule has 1 aromatic heterocycles. The highest BCUT2D eigenvalue weighted by Crippen LogP contribution is 2.38. The lowest BCUT2D eigenvalue weighted by molar-refractivity contribution is 0.0517. The van der Waals surface area contributed by atoms with Gasteiger partial charge in [0.25, 0.3) is 0 Å². The molecule has 126 valence electrons. The van der Waals surface area contributed by atoms with Gasteiger partial charge < -0.3 is 14.6 Å². The molecule has 1 fully saturated rings. The minimum atomic E-state index is -0.799. The minimum absolute atomic E-state index is 0. The number of thiazole rings is 1. The van der Waals surface area contributed by atoms with Gasteiger partial charge in [-0.15, -0.1) is 28.3 Å². The van der Waals surface area contributed by atoms with Crippen LogP contribution in [-0.4, -0.2) is 40.3 Å². The van der Waals surface area contributed by atoms with Crippen LogP contribution in [0, 0.1) is 5.41 Å². The molecule has 0 spiro atoms. The first kappa shape index (κ1) is 19.2. The summed E-state index contributed by atoms with van der Waals surface area (Å²) in [6, 6.07) is 0.0515. The summed E-state index contributed by atoms with van der Waals surface area (Å²) in [5, 5.41) is 11.6. The van der Waals surface area contributed by atoms with Crippen LogP contribution in [0.2, 0.25) is 0 Å². The molecule has 1 saturated heterocycles. The standard InChI is InChI=1S/C15H25N3O2S.BrH/c1-15(2,3)12-8-10(6-7-18(12)14(19)20)11-9-21-13(16-4)17(11)5;/h9-10,12H,6-8H2,1-5H3,(H,19,20);1H. The molecule has 2 rings (SSSR count). The number of amides is 1. The molecule has 2 unspecified atom stereocenters. The summed E-state index contributed by atoms with van der Waals surface area (Å²) < 4.78 is 2.14. The number of piperidine rings is 1. The minimum Gasteiger partial charge on any atom is -0.465 e. The Kier molecular flexibility index (Phi) is 6.27. The summed E-state index contributed by atoms with van der Waals surface area (Å²) in [7, 11) is 3.85. The smallest absolute Gasteiger partial charge is 0.407 e. The van der Waals surface area contributed by atoms with Crippen LogP contribution >= 0.6 is 28.3 Å². The molecule has 1 aliphatic rings. The fourth-order valence-corrected chi connectivity index (χ4v) is 4.18. The van der Waals surface area contributed by atoms with Gasteiger partial charge in [-0.3, -0.25) is 4.99 Å². The van der Waals surface area contributed by atoms with Crippen LogP contribution in [0.4, 0.5) is 4.79 Å². The molecule has 1 N–H and O–H groups in total. The second kappa shape index (κ2) is 7.17. The molecule has 0 radical (unpaired) electrons. The van der Waals surface area contributed by atoms with E-state index in [9.17, 15) is 9.90 Å². The van der Waals surface area contributed by atoms with Gasteiger partial charge in [0.05, 0.1) is 0 Å². The van der Waals surface area contributed by atoms with Crippen molar-refractivity contribution in [3.05, 3.63) is 15.9 Å². The lowest BCUT2D eigenvalue weighted by Gasteiger charge is -2.44. The first-order valence-electron chi connectivity index (χ1n) is 7.32. The summed E-state index contributed by atoms with van der Waals surface area (Å²) in [6.07, 6.45) is 0.961. The molecule has 0 bridgehead atoms. The van der Waals surface area contributed by atoms with E-state index in [1.54, 1.807) is 23.3 Å². The number of carboxylic acid groups (broad SMARTS) is 1. The Hall–Kier alpha value is -0.820. The highest BCUT2D eigenvalue weighted by atomic mass is 79.9. The van der Waals surface area contributed by atoms with Gasteiger partial charge in [0, 0.05) is 43.7 Å². The van der Waals surface area contributed by atoms with E-state index in [-0.39, 0.29) is 28.4 Å². The summed E-state index contributed by atoms with van der Waals surface area (Å²) in [5.41, 5.74) is 1.23. The highest BCUT2D eigenvalue weighted by Gasteiger charge is 2.39. The Morgan fingerprint density at radius 3 is 2.55 bits per heavy atom. The van der Waals surface area contributed by atoms with Crippen molar-refractivity contribution >= 4 is 34.4 Å². The SMILES string of the molecule is Br.CN=c1scc(C2CCN(C(=O)O)C(C(C)(C)C)C2)n1C. The Morgan fingerprint density at radius 1 is 1.45 bits per heavy atom. The normalized spacial score (nSPS) is 23.3. The molecule has 7 heteroatoms. The molecule has 1 amide bonds. The third kappa shape index (κ3) is 3.74. The quantitative estimate of drug-likeness (QED) is 0.796. The van der Waals surface area contributed by atoms with Crippen molar-refractivity contribution in [2.45, 2.75) is 45.6 Å². The van der Waals surface area contributed by atoms with Crippen LogP contribution < -0.4 is 4.80 Å². The predicted molar refractivity (Wildman–Crippen MR) is 95.0 cm³/mol. The number of halogens is 1. The first-order valence-corrected chi connectivity index (χ1v) is 8.20. The first-order chi connectivity index (χ1) is 9.75. The van der Waals surface area contributed by atoms with Gasteiger partial charge in [-0.05, 0) is 18.3 Å². The van der Waals surface area contributed by atoms with Crippen molar-refractivity contribution in [1.29, 1.82) is 0 Å². The summed E-state index contributed by atoms with van der Waals surface area (Å²) in [6.45, 7) is 6.97. The van der Waals surface area contributed by atoms with E-state index in [0.717, 1.165) is 17.6 Å². The van der Waals surface area contributed by atoms with Gasteiger partial charge in [-0.1, -0.05) is 20.8 Å². The maximum Gasteiger partial charge on any atom is 0.407 e. The van der Waals surface area contributed by atoms with E-state index in [1.165, 1.54) is 5.69 Å². The van der Waals surface area contributed by atoms with Gasteiger partial charge in [-0.25, -0.2) is 4.79 Å². The van der Waals surface area contributed by atoms with Crippen molar-refractivity contribution in [3.63, 3.8) is 0 Å². The van der Waals surface area contributed by atoms with E-state index < -0.39 is 6.09 Å². The van der Waals surface area contributed by atoms with E-state index >= 15 is 0 Å². The average molecular weight is 392 g/mol. The average Bonchev–Trinajstić information content (AvgIpc) is 2.78. The number of hydrogen-bond donors (Lipinski definition) is 1. The van der Waals surface area contributed by atoms with Crippen molar-refractivity contribution in [2.24, 2.45) is 17.5 Å². The molecule has 2 heterocycles. The van der Waals surface area contributed by atoms with E-state index in [2.05, 4.69) is 35.7 Å². The van der Waals surface area contributed by atoms with Crippen LogP contribution in [0.1, 0.15) is 45.2 Å². The van der Waals surface area contributed by atoms with Crippen LogP contribution in [-0.2, 0) is 7.05 Å². The van der Waals surface area contributed by atoms with Gasteiger partial charge in [0.15, 0.2) is 4.80 Å². The second-order valence-corrected chi connectivity index (χ2v) is 7.64. The third-order valence-corrected chi connectivity index (χ3v) is 5.44. The maximum absolute atomic E-state index is 11.5. The van der Waals surface area contributed by atoms with E-state index in [1.807, 2.05) is 7.05 Å². The van der Waals surface area contributed by atoms with Crippen molar-refractivity contribution in [1.82, 2.24) is 9.47 Å². The highest BCUT2D eigenvalue weighted by molar-refractivity contribution is 8.93. The number of hydrogen-bond acceptors (Lipinski definition) is 3. The maximum atomic E-state index is 11.5. The summed E-state index contributed by atoms with van der Waals surface area (Å²) in [5.74, 6) is 0.404. The monoisotopic (exact) mass is 391 g/mol. The Morgan fingerprint density at radius 2 is 2.09 bits per heavy atom. The molecule has 22 heavy (non-hydrogen) atoms. The van der Waals surface area contributed by atoms with Crippen molar-refractivity contribution in [3.8, 4) is 0 Å². The molecule has 0 saturated carbocycles. The lowest BCUT2D eigenvalue weighted by Crippen LogP contribution is -2.51. The number of carbonyl (C=O) groups is 1. The Labute approximate surface area is 146 Å². The van der Waals surface area contributed by atoms with Crippen LogP contribution in [0.25, 0.3) is 0 Å². The Balaban J connectivity index is 0.00000242. The molecular formula is C15H26BrN3O2S. The second-order valence-electron chi connectivity index (χ2n) is 6.80. The molecule has 0 aromatic carbocycles. The van der Waals surface area contributed by atoms with Crippen LogP contribution in [0.3, 0.4) is 0 Å². The van der Waals surface area contributed by atoms with Gasteiger partial charge in [0.1, 0.15) is 0 Å².